The smallest absolute Gasteiger partial charge is 0.293 e. The number of carbonyl (C=O) groups is 2. The van der Waals surface area contributed by atoms with Crippen LogP contribution in [0.2, 0.25) is 5.02 Å². The molecular formula is C29H21ClFNO4S. The summed E-state index contributed by atoms with van der Waals surface area (Å²) in [6, 6.07) is 24.8. The summed E-state index contributed by atoms with van der Waals surface area (Å²) in [6.07, 6.45) is 1.67. The predicted molar refractivity (Wildman–Crippen MR) is 144 cm³/mol. The quantitative estimate of drug-likeness (QED) is 0.222. The number of thioether (sulfide) groups is 1. The molecule has 0 aromatic heterocycles. The van der Waals surface area contributed by atoms with Crippen LogP contribution in [0.4, 0.5) is 9.18 Å². The van der Waals surface area contributed by atoms with E-state index in [4.69, 9.17) is 21.1 Å². The molecule has 1 saturated heterocycles. The molecule has 4 aromatic rings. The van der Waals surface area contributed by atoms with Gasteiger partial charge in [0.15, 0.2) is 0 Å². The van der Waals surface area contributed by atoms with E-state index in [1.165, 1.54) is 6.07 Å². The minimum Gasteiger partial charge on any atom is -0.490 e. The van der Waals surface area contributed by atoms with E-state index >= 15 is 0 Å². The molecule has 5 rings (SSSR count). The Labute approximate surface area is 222 Å². The van der Waals surface area contributed by atoms with Crippen LogP contribution in [0, 0.1) is 5.82 Å². The Balaban J connectivity index is 1.39. The second-order valence-electron chi connectivity index (χ2n) is 8.19. The van der Waals surface area contributed by atoms with Crippen molar-refractivity contribution in [3.8, 4) is 11.5 Å². The van der Waals surface area contributed by atoms with Gasteiger partial charge in [-0.05, 0) is 52.9 Å². The van der Waals surface area contributed by atoms with Gasteiger partial charge in [0.05, 0.1) is 16.5 Å². The first-order valence-electron chi connectivity index (χ1n) is 11.5. The number of hydrogen-bond donors (Lipinski definition) is 0. The number of fused-ring (bicyclic) bond motifs is 1. The summed E-state index contributed by atoms with van der Waals surface area (Å²) in [5, 5.41) is 1.87. The van der Waals surface area contributed by atoms with Crippen molar-refractivity contribution in [1.82, 2.24) is 4.90 Å². The van der Waals surface area contributed by atoms with Gasteiger partial charge in [0.1, 0.15) is 30.5 Å². The average molecular weight is 534 g/mol. The zero-order valence-corrected chi connectivity index (χ0v) is 21.1. The highest BCUT2D eigenvalue weighted by molar-refractivity contribution is 8.18. The lowest BCUT2D eigenvalue weighted by Gasteiger charge is -2.14. The summed E-state index contributed by atoms with van der Waals surface area (Å²) in [6.45, 7) is 0.215. The summed E-state index contributed by atoms with van der Waals surface area (Å²) in [4.78, 5) is 27.2. The van der Waals surface area contributed by atoms with Crippen molar-refractivity contribution in [2.24, 2.45) is 0 Å². The monoisotopic (exact) mass is 533 g/mol. The molecule has 1 aliphatic rings. The molecule has 0 atom stereocenters. The summed E-state index contributed by atoms with van der Waals surface area (Å²) in [5.74, 6) is 0.200. The van der Waals surface area contributed by atoms with Crippen LogP contribution >= 0.6 is 23.4 Å². The van der Waals surface area contributed by atoms with Crippen LogP contribution in [0.1, 0.15) is 11.1 Å². The van der Waals surface area contributed by atoms with Gasteiger partial charge in [-0.25, -0.2) is 4.39 Å². The standard InChI is InChI=1S/C29H21ClFNO4S/c30-23-10-4-6-12-26(23)35-16-15-32-28(33)27(37-29(32)34)17-22-21-9-3-1-7-19(21)13-14-25(22)36-18-20-8-2-5-11-24(20)31/h1-14,17H,15-16,18H2/b27-17-. The van der Waals surface area contributed by atoms with Crippen molar-refractivity contribution in [3.63, 3.8) is 0 Å². The molecule has 0 saturated carbocycles. The number of benzene rings is 4. The molecule has 186 valence electrons. The van der Waals surface area contributed by atoms with Crippen molar-refractivity contribution in [2.75, 3.05) is 13.2 Å². The molecule has 0 radical (unpaired) electrons. The highest BCUT2D eigenvalue weighted by Gasteiger charge is 2.35. The third-order valence-corrected chi connectivity index (χ3v) is 7.05. The van der Waals surface area contributed by atoms with E-state index in [1.807, 2.05) is 30.3 Å². The molecule has 4 aromatic carbocycles. The Morgan fingerprint density at radius 1 is 0.865 bits per heavy atom. The van der Waals surface area contributed by atoms with Crippen LogP contribution in [-0.4, -0.2) is 29.2 Å². The number of amides is 2. The molecule has 0 unspecified atom stereocenters. The van der Waals surface area contributed by atoms with Crippen LogP contribution in [0.3, 0.4) is 0 Å². The number of para-hydroxylation sites is 1. The molecule has 2 amide bonds. The highest BCUT2D eigenvalue weighted by atomic mass is 35.5. The van der Waals surface area contributed by atoms with Gasteiger partial charge < -0.3 is 9.47 Å². The van der Waals surface area contributed by atoms with Crippen LogP contribution in [-0.2, 0) is 11.4 Å². The van der Waals surface area contributed by atoms with Gasteiger partial charge in [-0.1, -0.05) is 72.3 Å². The van der Waals surface area contributed by atoms with E-state index in [9.17, 15) is 14.0 Å². The van der Waals surface area contributed by atoms with Crippen LogP contribution in [0.25, 0.3) is 16.8 Å². The van der Waals surface area contributed by atoms with Gasteiger partial charge >= 0.3 is 0 Å². The van der Waals surface area contributed by atoms with Crippen LogP contribution in [0.5, 0.6) is 11.5 Å². The van der Waals surface area contributed by atoms with Crippen molar-refractivity contribution in [3.05, 3.63) is 112 Å². The molecule has 1 aliphatic heterocycles. The first-order chi connectivity index (χ1) is 18.0. The topological polar surface area (TPSA) is 55.8 Å². The number of carbonyl (C=O) groups excluding carboxylic acids is 2. The molecule has 0 N–H and O–H groups in total. The fourth-order valence-electron chi connectivity index (χ4n) is 3.95. The second-order valence-corrected chi connectivity index (χ2v) is 9.59. The predicted octanol–water partition coefficient (Wildman–Crippen LogP) is 7.33. The van der Waals surface area contributed by atoms with Crippen molar-refractivity contribution in [1.29, 1.82) is 0 Å². The molecular weight excluding hydrogens is 513 g/mol. The number of hydrogen-bond acceptors (Lipinski definition) is 5. The normalized spacial score (nSPS) is 14.5. The minimum absolute atomic E-state index is 0.0206. The Morgan fingerprint density at radius 2 is 1.62 bits per heavy atom. The molecule has 0 aliphatic carbocycles. The van der Waals surface area contributed by atoms with Gasteiger partial charge in [0, 0.05) is 11.1 Å². The maximum atomic E-state index is 14.1. The zero-order valence-electron chi connectivity index (χ0n) is 19.5. The van der Waals surface area contributed by atoms with Gasteiger partial charge in [0.2, 0.25) is 0 Å². The first-order valence-corrected chi connectivity index (χ1v) is 12.7. The minimum atomic E-state index is -0.411. The Hall–Kier alpha value is -3.81. The number of nitrogens with zero attached hydrogens (tertiary/aromatic N) is 1. The lowest BCUT2D eigenvalue weighted by atomic mass is 10.0. The maximum absolute atomic E-state index is 14.1. The van der Waals surface area contributed by atoms with E-state index < -0.39 is 5.91 Å². The molecule has 0 spiro atoms. The lowest BCUT2D eigenvalue weighted by molar-refractivity contribution is -0.123. The second kappa shape index (κ2) is 11.1. The van der Waals surface area contributed by atoms with E-state index in [0.29, 0.717) is 27.6 Å². The van der Waals surface area contributed by atoms with Gasteiger partial charge in [0.25, 0.3) is 11.1 Å². The Bertz CT molecular complexity index is 1520. The van der Waals surface area contributed by atoms with E-state index in [0.717, 1.165) is 27.4 Å². The first kappa shape index (κ1) is 24.9. The van der Waals surface area contributed by atoms with Gasteiger partial charge in [-0.2, -0.15) is 0 Å². The van der Waals surface area contributed by atoms with Crippen LogP contribution in [0.15, 0.2) is 89.8 Å². The number of imide groups is 1. The van der Waals surface area contributed by atoms with E-state index in [1.54, 1.807) is 54.6 Å². The largest absolute Gasteiger partial charge is 0.490 e. The SMILES string of the molecule is O=C1S/C(=C\c2c(OCc3ccccc3F)ccc3ccccc23)C(=O)N1CCOc1ccccc1Cl. The third-order valence-electron chi connectivity index (χ3n) is 5.83. The Kier molecular flexibility index (Phi) is 7.44. The fraction of sp³-hybridized carbons (Fsp3) is 0.103. The molecule has 5 nitrogen and oxygen atoms in total. The molecule has 0 bridgehead atoms. The van der Waals surface area contributed by atoms with E-state index in [2.05, 4.69) is 0 Å². The third kappa shape index (κ3) is 5.48. The summed E-state index contributed by atoms with van der Waals surface area (Å²) in [5.41, 5.74) is 1.06. The van der Waals surface area contributed by atoms with Crippen LogP contribution < -0.4 is 9.47 Å². The number of rotatable bonds is 8. The lowest BCUT2D eigenvalue weighted by Crippen LogP contribution is -2.32. The summed E-state index contributed by atoms with van der Waals surface area (Å²) < 4.78 is 25.8. The molecule has 1 fully saturated rings. The summed E-state index contributed by atoms with van der Waals surface area (Å²) in [7, 11) is 0. The average Bonchev–Trinajstić information content (AvgIpc) is 3.17. The van der Waals surface area contributed by atoms with Gasteiger partial charge in [-0.15, -0.1) is 0 Å². The van der Waals surface area contributed by atoms with Crippen molar-refractivity contribution in [2.45, 2.75) is 6.61 Å². The molecule has 1 heterocycles. The van der Waals surface area contributed by atoms with Gasteiger partial charge in [-0.3, -0.25) is 14.5 Å². The number of ether oxygens (including phenoxy) is 2. The van der Waals surface area contributed by atoms with Crippen molar-refractivity contribution >= 4 is 51.4 Å². The van der Waals surface area contributed by atoms with E-state index in [-0.39, 0.29) is 35.7 Å². The summed E-state index contributed by atoms with van der Waals surface area (Å²) >= 11 is 6.97. The number of halogens is 2. The fourth-order valence-corrected chi connectivity index (χ4v) is 4.99. The maximum Gasteiger partial charge on any atom is 0.293 e. The molecule has 8 heteroatoms. The van der Waals surface area contributed by atoms with Crippen molar-refractivity contribution < 1.29 is 23.5 Å². The highest BCUT2D eigenvalue weighted by Crippen LogP contribution is 2.37. The zero-order chi connectivity index (χ0) is 25.8. The molecule has 37 heavy (non-hydrogen) atoms. The Morgan fingerprint density at radius 3 is 2.46 bits per heavy atom.